The highest BCUT2D eigenvalue weighted by atomic mass is 35.5. The Morgan fingerprint density at radius 2 is 1.78 bits per heavy atom. The summed E-state index contributed by atoms with van der Waals surface area (Å²) in [5.74, 6) is -0.142. The van der Waals surface area contributed by atoms with Gasteiger partial charge >= 0.3 is 0 Å². The van der Waals surface area contributed by atoms with Gasteiger partial charge in [-0.15, -0.1) is 0 Å². The molecule has 0 radical (unpaired) electrons. The molecule has 0 atom stereocenters. The number of anilines is 2. The minimum Gasteiger partial charge on any atom is -0.354 e. The first kappa shape index (κ1) is 22.1. The van der Waals surface area contributed by atoms with Crippen molar-refractivity contribution in [1.29, 1.82) is 0 Å². The van der Waals surface area contributed by atoms with E-state index in [0.717, 1.165) is 47.8 Å². The molecule has 0 fully saturated rings. The van der Waals surface area contributed by atoms with Crippen molar-refractivity contribution in [2.75, 3.05) is 37.8 Å². The first-order chi connectivity index (χ1) is 15.5. The summed E-state index contributed by atoms with van der Waals surface area (Å²) in [7, 11) is 4.08. The van der Waals surface area contributed by atoms with Crippen LogP contribution in [0, 0.1) is 0 Å². The smallest absolute Gasteiger partial charge is 0.258 e. The number of likely N-dealkylation sites (N-methyl/N-ethyl adjacent to an activating group) is 2. The van der Waals surface area contributed by atoms with Gasteiger partial charge in [0.15, 0.2) is 0 Å². The maximum Gasteiger partial charge on any atom is 0.258 e. The highest BCUT2D eigenvalue weighted by Gasteiger charge is 2.28. The Morgan fingerprint density at radius 1 is 1.03 bits per heavy atom. The molecule has 0 aliphatic carbocycles. The van der Waals surface area contributed by atoms with Crippen molar-refractivity contribution in [2.24, 2.45) is 0 Å². The van der Waals surface area contributed by atoms with E-state index in [1.54, 1.807) is 6.07 Å². The van der Waals surface area contributed by atoms with Crippen molar-refractivity contribution >= 4 is 40.2 Å². The lowest BCUT2D eigenvalue weighted by Gasteiger charge is -2.18. The van der Waals surface area contributed by atoms with E-state index < -0.39 is 0 Å². The van der Waals surface area contributed by atoms with E-state index in [1.807, 2.05) is 49.5 Å². The second-order valence-electron chi connectivity index (χ2n) is 7.92. The van der Waals surface area contributed by atoms with Crippen LogP contribution in [0.15, 0.2) is 72.8 Å². The van der Waals surface area contributed by atoms with Crippen LogP contribution in [0.2, 0.25) is 5.02 Å². The number of nitrogens with zero attached hydrogens (tertiary/aromatic N) is 1. The van der Waals surface area contributed by atoms with Crippen molar-refractivity contribution in [3.63, 3.8) is 0 Å². The van der Waals surface area contributed by atoms with Crippen LogP contribution in [0.25, 0.3) is 11.3 Å². The minimum absolute atomic E-state index is 0.142. The summed E-state index contributed by atoms with van der Waals surface area (Å²) in [5, 5.41) is 10.2. The second kappa shape index (κ2) is 10.0. The lowest BCUT2D eigenvalue weighted by molar-refractivity contribution is -0.110. The van der Waals surface area contributed by atoms with Gasteiger partial charge < -0.3 is 20.9 Å². The first-order valence-electron chi connectivity index (χ1n) is 10.6. The number of halogens is 1. The van der Waals surface area contributed by atoms with Crippen LogP contribution >= 0.6 is 11.6 Å². The van der Waals surface area contributed by atoms with E-state index in [0.29, 0.717) is 10.6 Å². The molecule has 0 spiro atoms. The van der Waals surface area contributed by atoms with Crippen LogP contribution in [0.3, 0.4) is 0 Å². The summed E-state index contributed by atoms with van der Waals surface area (Å²) < 4.78 is 0. The number of nitrogens with one attached hydrogen (secondary N) is 3. The van der Waals surface area contributed by atoms with Crippen LogP contribution in [-0.4, -0.2) is 38.0 Å². The maximum atomic E-state index is 12.9. The molecule has 1 aliphatic heterocycles. The van der Waals surface area contributed by atoms with Crippen LogP contribution in [0.4, 0.5) is 11.4 Å². The average Bonchev–Trinajstić information content (AvgIpc) is 3.12. The number of carbonyl (C=O) groups excluding carboxylic acids is 1. The summed E-state index contributed by atoms with van der Waals surface area (Å²) in [5.41, 5.74) is 6.05. The molecule has 0 saturated carbocycles. The quantitative estimate of drug-likeness (QED) is 0.430. The zero-order chi connectivity index (χ0) is 22.5. The summed E-state index contributed by atoms with van der Waals surface area (Å²) in [6.45, 7) is 2.82. The standard InChI is InChI=1S/C26H27ClN4O/c1-28-14-15-31(2)17-18-8-11-21(12-9-18)29-25(19-6-4-3-5-7-19)24-22-13-10-20(27)16-23(22)30-26(24)32/h3-13,16,28-29H,14-15,17H2,1-2H3,(H,30,32)/b25-24-. The Labute approximate surface area is 194 Å². The lowest BCUT2D eigenvalue weighted by Crippen LogP contribution is -2.26. The fourth-order valence-corrected chi connectivity index (χ4v) is 3.98. The molecule has 1 amide bonds. The monoisotopic (exact) mass is 446 g/mol. The van der Waals surface area contributed by atoms with Crippen LogP contribution < -0.4 is 16.0 Å². The number of hydrogen-bond donors (Lipinski definition) is 3. The highest BCUT2D eigenvalue weighted by Crippen LogP contribution is 2.38. The van der Waals surface area contributed by atoms with Crippen LogP contribution in [0.5, 0.6) is 0 Å². The van der Waals surface area contributed by atoms with E-state index in [-0.39, 0.29) is 5.91 Å². The molecule has 0 aromatic heterocycles. The molecular weight excluding hydrogens is 420 g/mol. The molecule has 0 bridgehead atoms. The van der Waals surface area contributed by atoms with Gasteiger partial charge in [0.1, 0.15) is 0 Å². The Bertz CT molecular complexity index is 1130. The van der Waals surface area contributed by atoms with E-state index in [9.17, 15) is 4.79 Å². The zero-order valence-electron chi connectivity index (χ0n) is 18.3. The Hall–Kier alpha value is -3.12. The van der Waals surface area contributed by atoms with Gasteiger partial charge in [0.2, 0.25) is 0 Å². The molecule has 1 aliphatic rings. The predicted molar refractivity (Wildman–Crippen MR) is 134 cm³/mol. The molecule has 32 heavy (non-hydrogen) atoms. The lowest BCUT2D eigenvalue weighted by atomic mass is 10.00. The minimum atomic E-state index is -0.142. The number of benzene rings is 3. The third-order valence-electron chi connectivity index (χ3n) is 5.46. The van der Waals surface area contributed by atoms with E-state index >= 15 is 0 Å². The molecule has 1 heterocycles. The Balaban J connectivity index is 1.66. The molecule has 5 nitrogen and oxygen atoms in total. The van der Waals surface area contributed by atoms with E-state index in [2.05, 4.69) is 52.2 Å². The van der Waals surface area contributed by atoms with Crippen LogP contribution in [0.1, 0.15) is 16.7 Å². The van der Waals surface area contributed by atoms with Gasteiger partial charge in [-0.25, -0.2) is 0 Å². The SMILES string of the molecule is CNCCN(C)Cc1ccc(N/C(=C2\C(=O)Nc3cc(Cl)ccc32)c2ccccc2)cc1. The van der Waals surface area contributed by atoms with Crippen molar-refractivity contribution in [3.8, 4) is 0 Å². The topological polar surface area (TPSA) is 56.4 Å². The first-order valence-corrected chi connectivity index (χ1v) is 11.0. The molecule has 3 aromatic rings. The van der Waals surface area contributed by atoms with Gasteiger partial charge in [-0.05, 0) is 49.5 Å². The molecule has 3 aromatic carbocycles. The molecule has 0 saturated heterocycles. The van der Waals surface area contributed by atoms with Gasteiger partial charge in [0, 0.05) is 35.9 Å². The maximum absolute atomic E-state index is 12.9. The van der Waals surface area contributed by atoms with E-state index in [4.69, 9.17) is 11.6 Å². The summed E-state index contributed by atoms with van der Waals surface area (Å²) in [6.07, 6.45) is 0. The predicted octanol–water partition coefficient (Wildman–Crippen LogP) is 4.92. The molecular formula is C26H27ClN4O. The summed E-state index contributed by atoms with van der Waals surface area (Å²) in [6, 6.07) is 23.7. The number of hydrogen-bond acceptors (Lipinski definition) is 4. The average molecular weight is 447 g/mol. The number of rotatable bonds is 8. The van der Waals surface area contributed by atoms with Gasteiger partial charge in [-0.3, -0.25) is 4.79 Å². The molecule has 3 N–H and O–H groups in total. The van der Waals surface area contributed by atoms with Crippen molar-refractivity contribution < 1.29 is 4.79 Å². The summed E-state index contributed by atoms with van der Waals surface area (Å²) in [4.78, 5) is 15.2. The van der Waals surface area contributed by atoms with Gasteiger partial charge in [-0.1, -0.05) is 60.1 Å². The molecule has 0 unspecified atom stereocenters. The summed E-state index contributed by atoms with van der Waals surface area (Å²) >= 11 is 6.13. The van der Waals surface area contributed by atoms with Gasteiger partial charge in [-0.2, -0.15) is 0 Å². The largest absolute Gasteiger partial charge is 0.354 e. The van der Waals surface area contributed by atoms with Gasteiger partial charge in [0.05, 0.1) is 17.0 Å². The van der Waals surface area contributed by atoms with Crippen molar-refractivity contribution in [2.45, 2.75) is 6.54 Å². The third-order valence-corrected chi connectivity index (χ3v) is 5.69. The third kappa shape index (κ3) is 5.02. The van der Waals surface area contributed by atoms with Crippen molar-refractivity contribution in [3.05, 3.63) is 94.5 Å². The Kier molecular flexibility index (Phi) is 6.90. The zero-order valence-corrected chi connectivity index (χ0v) is 19.0. The Morgan fingerprint density at radius 3 is 2.50 bits per heavy atom. The highest BCUT2D eigenvalue weighted by molar-refractivity contribution is 6.38. The van der Waals surface area contributed by atoms with Gasteiger partial charge in [0.25, 0.3) is 5.91 Å². The molecule has 4 rings (SSSR count). The number of amides is 1. The normalized spacial score (nSPS) is 14.3. The fourth-order valence-electron chi connectivity index (χ4n) is 3.81. The second-order valence-corrected chi connectivity index (χ2v) is 8.36. The number of fused-ring (bicyclic) bond motifs is 1. The van der Waals surface area contributed by atoms with Crippen molar-refractivity contribution in [1.82, 2.24) is 10.2 Å². The number of carbonyl (C=O) groups is 1. The molecule has 164 valence electrons. The van der Waals surface area contributed by atoms with E-state index in [1.165, 1.54) is 5.56 Å². The molecule has 6 heteroatoms. The van der Waals surface area contributed by atoms with Crippen LogP contribution in [-0.2, 0) is 11.3 Å². The fraction of sp³-hybridized carbons (Fsp3) is 0.192.